The molecule has 5 nitrogen and oxygen atoms in total. The number of halogens is 4. The van der Waals surface area contributed by atoms with Gasteiger partial charge in [-0.25, -0.2) is 17.6 Å². The molecule has 28 heavy (non-hydrogen) atoms. The first-order chi connectivity index (χ1) is 13.3. The van der Waals surface area contributed by atoms with Crippen molar-refractivity contribution in [3.05, 3.63) is 59.7 Å². The zero-order valence-corrected chi connectivity index (χ0v) is 15.0. The first kappa shape index (κ1) is 21.2. The van der Waals surface area contributed by atoms with E-state index in [1.165, 1.54) is 18.2 Å². The number of carbonyl (C=O) groups excluding carboxylic acids is 2. The van der Waals surface area contributed by atoms with Crippen LogP contribution in [0.2, 0.25) is 0 Å². The van der Waals surface area contributed by atoms with Gasteiger partial charge in [0, 0.05) is 12.6 Å². The second-order valence-electron chi connectivity index (χ2n) is 5.83. The molecule has 0 aromatic heterocycles. The summed E-state index contributed by atoms with van der Waals surface area (Å²) in [5.41, 5.74) is -0.538. The monoisotopic (exact) mass is 398 g/mol. The molecule has 0 fully saturated rings. The Hall–Kier alpha value is -3.10. The van der Waals surface area contributed by atoms with E-state index in [4.69, 9.17) is 4.74 Å². The van der Waals surface area contributed by atoms with Crippen LogP contribution in [0.5, 0.6) is 5.75 Å². The summed E-state index contributed by atoms with van der Waals surface area (Å²) in [4.78, 5) is 25.5. The normalized spacial score (nSPS) is 10.5. The first-order valence-electron chi connectivity index (χ1n) is 8.41. The first-order valence-corrected chi connectivity index (χ1v) is 8.41. The van der Waals surface area contributed by atoms with E-state index < -0.39 is 53.9 Å². The van der Waals surface area contributed by atoms with Crippen molar-refractivity contribution in [3.63, 3.8) is 0 Å². The smallest absolute Gasteiger partial charge is 0.260 e. The summed E-state index contributed by atoms with van der Waals surface area (Å²) < 4.78 is 58.2. The number of amides is 2. The molecule has 0 saturated heterocycles. The molecule has 0 saturated carbocycles. The zero-order chi connectivity index (χ0) is 20.7. The second kappa shape index (κ2) is 9.72. The molecule has 0 heterocycles. The van der Waals surface area contributed by atoms with Crippen LogP contribution in [-0.4, -0.2) is 36.4 Å². The number of hydrogen-bond donors (Lipinski definition) is 1. The molecule has 0 aliphatic rings. The van der Waals surface area contributed by atoms with Gasteiger partial charge in [0.1, 0.15) is 11.6 Å². The lowest BCUT2D eigenvalue weighted by Gasteiger charge is -2.22. The van der Waals surface area contributed by atoms with Crippen LogP contribution in [0, 0.1) is 23.3 Å². The highest BCUT2D eigenvalue weighted by atomic mass is 19.2. The molecule has 9 heteroatoms. The van der Waals surface area contributed by atoms with Crippen LogP contribution in [0.3, 0.4) is 0 Å². The third kappa shape index (κ3) is 5.70. The molecule has 150 valence electrons. The molecule has 0 bridgehead atoms. The quantitative estimate of drug-likeness (QED) is 0.547. The summed E-state index contributed by atoms with van der Waals surface area (Å²) in [6.07, 6.45) is 0.526. The van der Waals surface area contributed by atoms with Gasteiger partial charge in [0.2, 0.25) is 5.91 Å². The molecule has 0 aliphatic carbocycles. The topological polar surface area (TPSA) is 58.6 Å². The molecule has 0 unspecified atom stereocenters. The maximum absolute atomic E-state index is 13.6. The minimum absolute atomic E-state index is 0.151. The van der Waals surface area contributed by atoms with Crippen molar-refractivity contribution < 1.29 is 31.9 Å². The summed E-state index contributed by atoms with van der Waals surface area (Å²) in [7, 11) is 0. The minimum atomic E-state index is -1.71. The van der Waals surface area contributed by atoms with Gasteiger partial charge in [-0.05, 0) is 30.7 Å². The highest BCUT2D eigenvalue weighted by Crippen LogP contribution is 2.19. The van der Waals surface area contributed by atoms with E-state index in [2.05, 4.69) is 5.32 Å². The van der Waals surface area contributed by atoms with E-state index >= 15 is 0 Å². The van der Waals surface area contributed by atoms with E-state index in [-0.39, 0.29) is 12.3 Å². The van der Waals surface area contributed by atoms with Gasteiger partial charge < -0.3 is 15.0 Å². The van der Waals surface area contributed by atoms with Crippen LogP contribution >= 0.6 is 0 Å². The van der Waals surface area contributed by atoms with Gasteiger partial charge in [0.15, 0.2) is 24.1 Å². The number of hydrogen-bond acceptors (Lipinski definition) is 3. The Morgan fingerprint density at radius 2 is 1.82 bits per heavy atom. The molecule has 0 radical (unpaired) electrons. The second-order valence-corrected chi connectivity index (χ2v) is 5.83. The van der Waals surface area contributed by atoms with Crippen LogP contribution in [0.1, 0.15) is 13.3 Å². The third-order valence-electron chi connectivity index (χ3n) is 3.65. The van der Waals surface area contributed by atoms with Crippen LogP contribution in [-0.2, 0) is 9.59 Å². The molecule has 2 amide bonds. The molecule has 2 aromatic carbocycles. The van der Waals surface area contributed by atoms with Crippen LogP contribution in [0.4, 0.5) is 23.2 Å². The highest BCUT2D eigenvalue weighted by Gasteiger charge is 2.20. The van der Waals surface area contributed by atoms with E-state index in [1.54, 1.807) is 6.92 Å². The summed E-state index contributed by atoms with van der Waals surface area (Å²) in [6, 6.07) is 6.78. The van der Waals surface area contributed by atoms with E-state index in [0.717, 1.165) is 17.0 Å². The van der Waals surface area contributed by atoms with Crippen molar-refractivity contribution in [1.29, 1.82) is 0 Å². The van der Waals surface area contributed by atoms with Crippen molar-refractivity contribution in [2.45, 2.75) is 13.3 Å². The average Bonchev–Trinajstić information content (AvgIpc) is 2.66. The van der Waals surface area contributed by atoms with Crippen LogP contribution in [0.15, 0.2) is 36.4 Å². The number of rotatable bonds is 8. The SMILES string of the molecule is CCCN(CC(=O)Nc1ccc(F)c(F)c1F)C(=O)COc1cccc(F)c1. The average molecular weight is 398 g/mol. The molecule has 0 atom stereocenters. The van der Waals surface area contributed by atoms with Crippen molar-refractivity contribution in [2.75, 3.05) is 25.0 Å². The van der Waals surface area contributed by atoms with Crippen LogP contribution in [0.25, 0.3) is 0 Å². The summed E-state index contributed by atoms with van der Waals surface area (Å²) in [5.74, 6) is -6.34. The molecule has 1 N–H and O–H groups in total. The Balaban J connectivity index is 1.98. The van der Waals surface area contributed by atoms with Crippen molar-refractivity contribution in [3.8, 4) is 5.75 Å². The van der Waals surface area contributed by atoms with E-state index in [9.17, 15) is 27.2 Å². The Kier molecular flexibility index (Phi) is 7.36. The number of benzene rings is 2. The number of nitrogens with zero attached hydrogens (tertiary/aromatic N) is 1. The lowest BCUT2D eigenvalue weighted by atomic mass is 10.2. The van der Waals surface area contributed by atoms with Gasteiger partial charge in [-0.2, -0.15) is 0 Å². The summed E-state index contributed by atoms with van der Waals surface area (Å²) in [6.45, 7) is 1.10. The Morgan fingerprint density at radius 3 is 2.50 bits per heavy atom. The number of anilines is 1. The fourth-order valence-corrected chi connectivity index (χ4v) is 2.34. The lowest BCUT2D eigenvalue weighted by Crippen LogP contribution is -2.41. The fourth-order valence-electron chi connectivity index (χ4n) is 2.34. The van der Waals surface area contributed by atoms with Gasteiger partial charge in [0.05, 0.1) is 12.2 Å². The predicted molar refractivity (Wildman–Crippen MR) is 93.7 cm³/mol. The number of nitrogens with one attached hydrogen (secondary N) is 1. The Bertz CT molecular complexity index is 861. The molecule has 2 aromatic rings. The standard InChI is InChI=1S/C19H18F4N2O3/c1-2-8-25(17(27)11-28-13-5-3-4-12(20)9-13)10-16(26)24-15-7-6-14(21)18(22)19(15)23/h3-7,9H,2,8,10-11H2,1H3,(H,24,26). The summed E-state index contributed by atoms with van der Waals surface area (Å²) in [5, 5.41) is 2.10. The lowest BCUT2D eigenvalue weighted by molar-refractivity contribution is -0.136. The molecule has 0 aliphatic heterocycles. The maximum Gasteiger partial charge on any atom is 0.260 e. The molecular formula is C19H18F4N2O3. The Labute approximate surface area is 158 Å². The third-order valence-corrected chi connectivity index (χ3v) is 3.65. The van der Waals surface area contributed by atoms with Gasteiger partial charge >= 0.3 is 0 Å². The number of carbonyl (C=O) groups is 2. The predicted octanol–water partition coefficient (Wildman–Crippen LogP) is 3.50. The highest BCUT2D eigenvalue weighted by molar-refractivity contribution is 5.94. The zero-order valence-electron chi connectivity index (χ0n) is 15.0. The van der Waals surface area contributed by atoms with Gasteiger partial charge in [-0.3, -0.25) is 9.59 Å². The van der Waals surface area contributed by atoms with Gasteiger partial charge in [-0.1, -0.05) is 13.0 Å². The van der Waals surface area contributed by atoms with Crippen LogP contribution < -0.4 is 10.1 Å². The molecule has 0 spiro atoms. The maximum atomic E-state index is 13.6. The summed E-state index contributed by atoms with van der Waals surface area (Å²) >= 11 is 0. The molecular weight excluding hydrogens is 380 g/mol. The Morgan fingerprint density at radius 1 is 1.07 bits per heavy atom. The van der Waals surface area contributed by atoms with Crippen molar-refractivity contribution >= 4 is 17.5 Å². The number of ether oxygens (including phenoxy) is 1. The van der Waals surface area contributed by atoms with Gasteiger partial charge in [0.25, 0.3) is 5.91 Å². The minimum Gasteiger partial charge on any atom is -0.484 e. The van der Waals surface area contributed by atoms with Gasteiger partial charge in [-0.15, -0.1) is 0 Å². The van der Waals surface area contributed by atoms with E-state index in [1.807, 2.05) is 0 Å². The molecule has 2 rings (SSSR count). The van der Waals surface area contributed by atoms with Crippen molar-refractivity contribution in [1.82, 2.24) is 4.90 Å². The largest absolute Gasteiger partial charge is 0.484 e. The fraction of sp³-hybridized carbons (Fsp3) is 0.263. The van der Waals surface area contributed by atoms with Crippen molar-refractivity contribution in [2.24, 2.45) is 0 Å². The van der Waals surface area contributed by atoms with E-state index in [0.29, 0.717) is 12.5 Å².